The largest absolute Gasteiger partial charge is 0.311 e. The molecule has 0 saturated heterocycles. The summed E-state index contributed by atoms with van der Waals surface area (Å²) in [6, 6.07) is 62.9. The van der Waals surface area contributed by atoms with E-state index in [1.54, 1.807) is 4.90 Å². The topological polar surface area (TPSA) is 8.17 Å². The van der Waals surface area contributed by atoms with Crippen LogP contribution in [-0.4, -0.2) is 4.57 Å². The molecule has 0 radical (unpaired) electrons. The first-order valence-electron chi connectivity index (χ1n) is 20.6. The van der Waals surface area contributed by atoms with Crippen molar-refractivity contribution in [2.24, 2.45) is 0 Å². The lowest BCUT2D eigenvalue weighted by Gasteiger charge is -2.26. The van der Waals surface area contributed by atoms with E-state index in [-0.39, 0.29) is 29.9 Å². The van der Waals surface area contributed by atoms with Gasteiger partial charge in [-0.1, -0.05) is 152 Å². The van der Waals surface area contributed by atoms with Crippen LogP contribution in [-0.2, 0) is 0 Å². The summed E-state index contributed by atoms with van der Waals surface area (Å²) >= 11 is 0. The molecule has 1 aromatic heterocycles. The monoisotopic (exact) mass is 693 g/mol. The fourth-order valence-corrected chi connectivity index (χ4v) is 7.70. The van der Waals surface area contributed by atoms with E-state index in [2.05, 4.69) is 108 Å². The van der Waals surface area contributed by atoms with Gasteiger partial charge in [0.15, 0.2) is 0 Å². The van der Waals surface area contributed by atoms with Crippen molar-refractivity contribution in [3.63, 3.8) is 0 Å². The second-order valence-corrected chi connectivity index (χ2v) is 13.4. The van der Waals surface area contributed by atoms with Crippen LogP contribution in [0.2, 0.25) is 0 Å². The van der Waals surface area contributed by atoms with Crippen LogP contribution in [0.5, 0.6) is 0 Å². The van der Waals surface area contributed by atoms with Gasteiger partial charge in [0.05, 0.1) is 17.9 Å². The smallest absolute Gasteiger partial charge is 0.0645 e. The van der Waals surface area contributed by atoms with Gasteiger partial charge in [0.1, 0.15) is 0 Å². The normalized spacial score (nSPS) is 12.6. The molecule has 0 amide bonds. The highest BCUT2D eigenvalue weighted by Crippen LogP contribution is 2.39. The number of nitrogens with zero attached hydrogens (tertiary/aromatic N) is 2. The summed E-state index contributed by atoms with van der Waals surface area (Å²) in [6.07, 6.45) is 0. The van der Waals surface area contributed by atoms with E-state index in [0.717, 1.165) is 44.6 Å². The van der Waals surface area contributed by atoms with Gasteiger partial charge >= 0.3 is 0 Å². The van der Waals surface area contributed by atoms with Crippen LogP contribution >= 0.6 is 0 Å². The minimum Gasteiger partial charge on any atom is -0.311 e. The molecule has 54 heavy (non-hydrogen) atoms. The van der Waals surface area contributed by atoms with Crippen molar-refractivity contribution >= 4 is 49.6 Å². The average molecular weight is 694 g/mol. The lowest BCUT2D eigenvalue weighted by molar-refractivity contribution is 1.18. The first-order valence-corrected chi connectivity index (χ1v) is 18.1. The Labute approximate surface area is 322 Å². The number of hydrogen-bond acceptors (Lipinski definition) is 1. The van der Waals surface area contributed by atoms with Gasteiger partial charge in [-0.25, -0.2) is 0 Å². The van der Waals surface area contributed by atoms with E-state index in [0.29, 0.717) is 11.4 Å². The summed E-state index contributed by atoms with van der Waals surface area (Å²) in [5.41, 5.74) is 11.1. The van der Waals surface area contributed by atoms with Gasteiger partial charge in [-0.3, -0.25) is 0 Å². The zero-order valence-electron chi connectivity index (χ0n) is 34.3. The maximum absolute atomic E-state index is 8.90. The highest BCUT2D eigenvalue weighted by atomic mass is 15.1. The number of anilines is 3. The molecule has 0 atom stereocenters. The van der Waals surface area contributed by atoms with E-state index < -0.39 is 6.04 Å². The predicted octanol–water partition coefficient (Wildman–Crippen LogP) is 14.4. The summed E-state index contributed by atoms with van der Waals surface area (Å²) in [7, 11) is 0. The van der Waals surface area contributed by atoms with Crippen molar-refractivity contribution in [1.29, 1.82) is 0 Å². The Bertz CT molecular complexity index is 3160. The molecule has 0 bridgehead atoms. The summed E-state index contributed by atoms with van der Waals surface area (Å²) in [4.78, 5) is 1.75. The molecule has 1 heterocycles. The maximum atomic E-state index is 8.90. The second kappa shape index (κ2) is 13.4. The van der Waals surface area contributed by atoms with Gasteiger partial charge in [0.25, 0.3) is 0 Å². The van der Waals surface area contributed by atoms with Gasteiger partial charge in [0, 0.05) is 33.5 Å². The standard InChI is InChI=1S/C52H36N2/c1-3-13-37(14-4-1)38-23-29-44(30-24-38)53(43-17-5-2-6-18-43)45-31-25-39(26-32-45)47-19-9-10-20-48(47)40-27-33-46(34-28-40)54-51-22-12-11-21-49(51)50-35-41-15-7-8-16-42(41)36-52(50)54/h1-36H/i2D,5D,6D,17D,18D. The Hall–Kier alpha value is -7.16. The fraction of sp³-hybridized carbons (Fsp3) is 0. The molecule has 10 aromatic rings. The van der Waals surface area contributed by atoms with E-state index in [9.17, 15) is 0 Å². The maximum Gasteiger partial charge on any atom is 0.0645 e. The summed E-state index contributed by atoms with van der Waals surface area (Å²) in [5, 5.41) is 4.88. The first kappa shape index (κ1) is 26.6. The van der Waals surface area contributed by atoms with Gasteiger partial charge in [-0.05, 0) is 111 Å². The minimum absolute atomic E-state index is 0.0909. The number of fused-ring (bicyclic) bond motifs is 4. The SMILES string of the molecule is [2H]c1c([2H])c([2H])c(N(c2ccc(-c3ccccc3)cc2)c2ccc(-c3ccccc3-c3ccc(-n4c5ccccc5c5cc6ccccc6cc54)cc3)cc2)c([2H])c1[2H]. The van der Waals surface area contributed by atoms with E-state index in [1.807, 2.05) is 84.9 Å². The van der Waals surface area contributed by atoms with Crippen molar-refractivity contribution in [3.05, 3.63) is 218 Å². The van der Waals surface area contributed by atoms with Crippen LogP contribution in [0.25, 0.3) is 71.6 Å². The van der Waals surface area contributed by atoms with Crippen molar-refractivity contribution in [1.82, 2.24) is 4.57 Å². The lowest BCUT2D eigenvalue weighted by Crippen LogP contribution is -2.09. The molecule has 0 aliphatic heterocycles. The quantitative estimate of drug-likeness (QED) is 0.161. The van der Waals surface area contributed by atoms with Gasteiger partial charge in [0.2, 0.25) is 0 Å². The molecule has 0 aliphatic carbocycles. The molecule has 0 unspecified atom stereocenters. The number of aromatic nitrogens is 1. The van der Waals surface area contributed by atoms with Crippen molar-refractivity contribution in [2.45, 2.75) is 0 Å². The average Bonchev–Trinajstić information content (AvgIpc) is 3.62. The number of benzene rings is 9. The molecule has 10 rings (SSSR count). The van der Waals surface area contributed by atoms with Gasteiger partial charge < -0.3 is 9.47 Å². The van der Waals surface area contributed by atoms with Crippen LogP contribution in [0, 0.1) is 0 Å². The Morgan fingerprint density at radius 3 is 1.56 bits per heavy atom. The van der Waals surface area contributed by atoms with Gasteiger partial charge in [-0.2, -0.15) is 0 Å². The van der Waals surface area contributed by atoms with Crippen LogP contribution in [0.4, 0.5) is 17.1 Å². The first-order chi connectivity index (χ1) is 28.9. The molecule has 0 N–H and O–H groups in total. The number of rotatable bonds is 7. The Balaban J connectivity index is 1.03. The molecule has 0 aliphatic rings. The van der Waals surface area contributed by atoms with E-state index in [1.165, 1.54) is 27.1 Å². The highest BCUT2D eigenvalue weighted by Gasteiger charge is 2.16. The van der Waals surface area contributed by atoms with Gasteiger partial charge in [-0.15, -0.1) is 0 Å². The molecule has 0 saturated carbocycles. The van der Waals surface area contributed by atoms with Crippen molar-refractivity contribution in [3.8, 4) is 39.1 Å². The molecule has 2 heteroatoms. The van der Waals surface area contributed by atoms with Crippen molar-refractivity contribution in [2.75, 3.05) is 4.90 Å². The highest BCUT2D eigenvalue weighted by molar-refractivity contribution is 6.13. The lowest BCUT2D eigenvalue weighted by atomic mass is 9.94. The van der Waals surface area contributed by atoms with Crippen LogP contribution in [0.3, 0.4) is 0 Å². The zero-order chi connectivity index (χ0) is 40.2. The molecule has 0 spiro atoms. The van der Waals surface area contributed by atoms with Crippen molar-refractivity contribution < 1.29 is 6.85 Å². The molecule has 254 valence electrons. The van der Waals surface area contributed by atoms with Crippen LogP contribution in [0.15, 0.2) is 218 Å². The van der Waals surface area contributed by atoms with E-state index in [4.69, 9.17) is 6.85 Å². The minimum atomic E-state index is -0.424. The fourth-order valence-electron chi connectivity index (χ4n) is 7.70. The Morgan fingerprint density at radius 1 is 0.370 bits per heavy atom. The predicted molar refractivity (Wildman–Crippen MR) is 229 cm³/mol. The Kier molecular flexibility index (Phi) is 6.61. The summed E-state index contributed by atoms with van der Waals surface area (Å²) < 4.78 is 45.3. The molecular weight excluding hydrogens is 653 g/mol. The second-order valence-electron chi connectivity index (χ2n) is 13.4. The third-order valence-electron chi connectivity index (χ3n) is 10.3. The summed E-state index contributed by atoms with van der Waals surface area (Å²) in [6.45, 7) is 0. The number of hydrogen-bond donors (Lipinski definition) is 0. The summed E-state index contributed by atoms with van der Waals surface area (Å²) in [5.74, 6) is 0. The molecule has 0 fully saturated rings. The van der Waals surface area contributed by atoms with E-state index >= 15 is 0 Å². The van der Waals surface area contributed by atoms with Crippen LogP contribution in [0.1, 0.15) is 6.85 Å². The van der Waals surface area contributed by atoms with Crippen LogP contribution < -0.4 is 4.90 Å². The molecule has 2 nitrogen and oxygen atoms in total. The third-order valence-corrected chi connectivity index (χ3v) is 10.3. The zero-order valence-corrected chi connectivity index (χ0v) is 29.3. The Morgan fingerprint density at radius 2 is 0.889 bits per heavy atom. The third kappa shape index (κ3) is 5.62. The molecular formula is C52H36N2. The number of para-hydroxylation sites is 2. The molecule has 9 aromatic carbocycles.